The van der Waals surface area contributed by atoms with Crippen molar-refractivity contribution in [2.45, 2.75) is 6.04 Å². The van der Waals surface area contributed by atoms with Gasteiger partial charge in [0.25, 0.3) is 5.91 Å². The molecule has 0 spiro atoms. The largest absolute Gasteiger partial charge is 0.329 e. The summed E-state index contributed by atoms with van der Waals surface area (Å²) in [4.78, 5) is 14.2. The van der Waals surface area contributed by atoms with Crippen LogP contribution >= 0.6 is 11.3 Å². The highest BCUT2D eigenvalue weighted by Crippen LogP contribution is 2.28. The fourth-order valence-corrected chi connectivity index (χ4v) is 4.62. The molecule has 1 amide bonds. The fourth-order valence-electron chi connectivity index (χ4n) is 2.49. The van der Waals surface area contributed by atoms with Crippen molar-refractivity contribution in [1.82, 2.24) is 14.7 Å². The number of sulfone groups is 1. The van der Waals surface area contributed by atoms with Crippen LogP contribution in [0.3, 0.4) is 0 Å². The summed E-state index contributed by atoms with van der Waals surface area (Å²) in [5, 5.41) is 7.71. The van der Waals surface area contributed by atoms with Gasteiger partial charge < -0.3 is 4.90 Å². The van der Waals surface area contributed by atoms with Crippen LogP contribution in [0.2, 0.25) is 0 Å². The Morgan fingerprint density at radius 2 is 2.29 bits per heavy atom. The van der Waals surface area contributed by atoms with Gasteiger partial charge >= 0.3 is 0 Å². The molecule has 3 rings (SSSR count). The number of rotatable bonds is 2. The second-order valence-corrected chi connectivity index (χ2v) is 8.10. The van der Waals surface area contributed by atoms with Crippen molar-refractivity contribution < 1.29 is 13.2 Å². The van der Waals surface area contributed by atoms with Gasteiger partial charge in [-0.2, -0.15) is 16.4 Å². The van der Waals surface area contributed by atoms with E-state index in [0.717, 1.165) is 5.56 Å². The first kappa shape index (κ1) is 14.3. The minimum atomic E-state index is -3.13. The molecule has 1 saturated heterocycles. The van der Waals surface area contributed by atoms with Gasteiger partial charge in [-0.15, -0.1) is 0 Å². The Morgan fingerprint density at radius 3 is 2.90 bits per heavy atom. The van der Waals surface area contributed by atoms with Gasteiger partial charge in [0.15, 0.2) is 9.84 Å². The number of hydrogen-bond acceptors (Lipinski definition) is 5. The number of carbonyl (C=O) groups excluding carboxylic acids is 1. The predicted molar refractivity (Wildman–Crippen MR) is 80.0 cm³/mol. The topological polar surface area (TPSA) is 72.3 Å². The lowest BCUT2D eigenvalue weighted by molar-refractivity contribution is 0.0698. The second kappa shape index (κ2) is 5.27. The van der Waals surface area contributed by atoms with Crippen LogP contribution in [0, 0.1) is 0 Å². The van der Waals surface area contributed by atoms with E-state index in [1.54, 1.807) is 40.5 Å². The maximum Gasteiger partial charge on any atom is 0.255 e. The average Bonchev–Trinajstić information content (AvgIpc) is 3.08. The van der Waals surface area contributed by atoms with Crippen LogP contribution in [0.5, 0.6) is 0 Å². The molecule has 3 heterocycles. The first-order valence-electron chi connectivity index (χ1n) is 6.48. The van der Waals surface area contributed by atoms with E-state index in [-0.39, 0.29) is 24.0 Å². The summed E-state index contributed by atoms with van der Waals surface area (Å²) < 4.78 is 25.5. The van der Waals surface area contributed by atoms with Crippen molar-refractivity contribution >= 4 is 27.1 Å². The van der Waals surface area contributed by atoms with Crippen LogP contribution in [0.25, 0.3) is 0 Å². The molecule has 1 aliphatic heterocycles. The molecule has 0 aliphatic carbocycles. The number of hydrogen-bond donors (Lipinski definition) is 0. The molecule has 21 heavy (non-hydrogen) atoms. The number of aryl methyl sites for hydroxylation is 1. The smallest absolute Gasteiger partial charge is 0.255 e. The maximum absolute atomic E-state index is 12.6. The lowest BCUT2D eigenvalue weighted by Crippen LogP contribution is -2.46. The van der Waals surface area contributed by atoms with Gasteiger partial charge in [0.1, 0.15) is 0 Å². The molecular formula is C13H15N3O3S2. The molecule has 0 N–H and O–H groups in total. The average molecular weight is 325 g/mol. The Bertz CT molecular complexity index is 749. The van der Waals surface area contributed by atoms with E-state index in [0.29, 0.717) is 5.56 Å². The van der Waals surface area contributed by atoms with E-state index in [4.69, 9.17) is 0 Å². The molecule has 1 aliphatic rings. The van der Waals surface area contributed by atoms with Crippen LogP contribution in [-0.2, 0) is 16.9 Å². The molecule has 8 heteroatoms. The van der Waals surface area contributed by atoms with Gasteiger partial charge in [0.2, 0.25) is 0 Å². The Kier molecular flexibility index (Phi) is 3.58. The third-order valence-corrected chi connectivity index (χ3v) is 5.88. The monoisotopic (exact) mass is 325 g/mol. The van der Waals surface area contributed by atoms with E-state index in [2.05, 4.69) is 5.10 Å². The molecule has 1 fully saturated rings. The Labute approximate surface area is 126 Å². The highest BCUT2D eigenvalue weighted by molar-refractivity contribution is 7.91. The van der Waals surface area contributed by atoms with Gasteiger partial charge in [0.05, 0.1) is 29.3 Å². The summed E-state index contributed by atoms with van der Waals surface area (Å²) in [5.74, 6) is -0.159. The van der Waals surface area contributed by atoms with Crippen molar-refractivity contribution in [1.29, 1.82) is 0 Å². The first-order valence-corrected chi connectivity index (χ1v) is 9.25. The molecule has 6 nitrogen and oxygen atoms in total. The van der Waals surface area contributed by atoms with Crippen LogP contribution in [0.15, 0.2) is 29.2 Å². The molecule has 0 saturated carbocycles. The summed E-state index contributed by atoms with van der Waals surface area (Å²) in [5.41, 5.74) is 1.36. The Balaban J connectivity index is 1.95. The number of carbonyl (C=O) groups is 1. The lowest BCUT2D eigenvalue weighted by Gasteiger charge is -2.34. The van der Waals surface area contributed by atoms with Gasteiger partial charge in [-0.25, -0.2) is 8.42 Å². The fraction of sp³-hybridized carbons (Fsp3) is 0.385. The van der Waals surface area contributed by atoms with E-state index in [9.17, 15) is 13.2 Å². The minimum absolute atomic E-state index is 0.0135. The van der Waals surface area contributed by atoms with Crippen LogP contribution < -0.4 is 0 Å². The molecule has 112 valence electrons. The number of aromatic nitrogens is 2. The van der Waals surface area contributed by atoms with Crippen LogP contribution in [0.1, 0.15) is 22.0 Å². The van der Waals surface area contributed by atoms with E-state index >= 15 is 0 Å². The van der Waals surface area contributed by atoms with E-state index in [1.807, 2.05) is 5.38 Å². The molecule has 0 radical (unpaired) electrons. The number of amides is 1. The van der Waals surface area contributed by atoms with E-state index < -0.39 is 15.9 Å². The maximum atomic E-state index is 12.6. The van der Waals surface area contributed by atoms with Crippen LogP contribution in [0.4, 0.5) is 0 Å². The van der Waals surface area contributed by atoms with Gasteiger partial charge in [-0.3, -0.25) is 9.48 Å². The van der Waals surface area contributed by atoms with Gasteiger partial charge in [0, 0.05) is 30.7 Å². The van der Waals surface area contributed by atoms with Crippen molar-refractivity contribution in [2.75, 3.05) is 18.1 Å². The van der Waals surface area contributed by atoms with Crippen LogP contribution in [-0.4, -0.2) is 47.1 Å². The summed E-state index contributed by atoms with van der Waals surface area (Å²) in [6, 6.07) is 1.29. The van der Waals surface area contributed by atoms with Crippen molar-refractivity contribution in [2.24, 2.45) is 7.05 Å². The summed E-state index contributed by atoms with van der Waals surface area (Å²) in [6.07, 6.45) is 3.39. The van der Waals surface area contributed by atoms with Gasteiger partial charge in [-0.05, 0) is 11.4 Å². The summed E-state index contributed by atoms with van der Waals surface area (Å²) >= 11 is 1.45. The molecule has 2 aromatic rings. The third kappa shape index (κ3) is 2.86. The summed E-state index contributed by atoms with van der Waals surface area (Å²) in [6.45, 7) is 0.219. The normalized spacial score (nSPS) is 21.4. The second-order valence-electron chi connectivity index (χ2n) is 5.09. The van der Waals surface area contributed by atoms with Crippen molar-refractivity contribution in [3.63, 3.8) is 0 Å². The predicted octanol–water partition coefficient (Wildman–Crippen LogP) is 1.09. The highest BCUT2D eigenvalue weighted by Gasteiger charge is 2.36. The zero-order chi connectivity index (χ0) is 15.0. The zero-order valence-electron chi connectivity index (χ0n) is 11.5. The standard InChI is InChI=1S/C13H15N3O3S2/c1-15-7-11(6-14-15)12-9-21(18,19)5-3-16(12)13(17)10-2-4-20-8-10/h2,4,6-8,12H,3,5,9H2,1H3/t12-/m1/s1. The lowest BCUT2D eigenvalue weighted by atomic mass is 10.1. The summed E-state index contributed by atoms with van der Waals surface area (Å²) in [7, 11) is -1.36. The molecule has 0 bridgehead atoms. The number of thiophene rings is 1. The number of nitrogens with zero attached hydrogens (tertiary/aromatic N) is 3. The molecule has 1 atom stereocenters. The Hall–Kier alpha value is -1.67. The molecule has 2 aromatic heterocycles. The minimum Gasteiger partial charge on any atom is -0.329 e. The SMILES string of the molecule is Cn1cc([C@H]2CS(=O)(=O)CCN2C(=O)c2ccsc2)cn1. The van der Waals surface area contributed by atoms with Gasteiger partial charge in [-0.1, -0.05) is 0 Å². The zero-order valence-corrected chi connectivity index (χ0v) is 13.1. The van der Waals surface area contributed by atoms with Crippen molar-refractivity contribution in [3.05, 3.63) is 40.3 Å². The highest BCUT2D eigenvalue weighted by atomic mass is 32.2. The molecular weight excluding hydrogens is 310 g/mol. The van der Waals surface area contributed by atoms with E-state index in [1.165, 1.54) is 11.3 Å². The quantitative estimate of drug-likeness (QED) is 0.829. The van der Waals surface area contributed by atoms with Crippen molar-refractivity contribution in [3.8, 4) is 0 Å². The first-order chi connectivity index (χ1) is 9.96. The molecule has 0 unspecified atom stereocenters. The molecule has 0 aromatic carbocycles. The Morgan fingerprint density at radius 1 is 1.48 bits per heavy atom. The third-order valence-electron chi connectivity index (χ3n) is 3.57.